The molecule has 0 spiro atoms. The molecule has 3 N–H and O–H groups in total. The van der Waals surface area contributed by atoms with E-state index in [0.717, 1.165) is 17.8 Å². The van der Waals surface area contributed by atoms with Crippen LogP contribution >= 0.6 is 0 Å². The van der Waals surface area contributed by atoms with Crippen LogP contribution in [0, 0.1) is 13.8 Å². The number of hydrogen-bond donors (Lipinski definition) is 2. The Hall–Kier alpha value is -1.13. The summed E-state index contributed by atoms with van der Waals surface area (Å²) in [6.07, 6.45) is 2.67. The minimum atomic E-state index is 0.112. The van der Waals surface area contributed by atoms with Crippen molar-refractivity contribution in [2.45, 2.75) is 26.3 Å². The molecule has 1 atom stereocenters. The van der Waals surface area contributed by atoms with Gasteiger partial charge < -0.3 is 0 Å². The summed E-state index contributed by atoms with van der Waals surface area (Å²) in [5, 5.41) is 4.35. The lowest BCUT2D eigenvalue weighted by atomic mass is 10.0. The highest BCUT2D eigenvalue weighted by molar-refractivity contribution is 5.28. The Kier molecular flexibility index (Phi) is 3.43. The fraction of sp³-hybridized carbons (Fsp3) is 0.500. The smallest absolute Gasteiger partial charge is 0.0644 e. The van der Waals surface area contributed by atoms with Crippen molar-refractivity contribution >= 4 is 0 Å². The van der Waals surface area contributed by atoms with Crippen LogP contribution in [0.3, 0.4) is 0 Å². The normalized spacial score (nSPS) is 12.9. The van der Waals surface area contributed by atoms with E-state index in [0.29, 0.717) is 0 Å². The molecule has 14 heavy (non-hydrogen) atoms. The fourth-order valence-corrected chi connectivity index (χ4v) is 1.73. The van der Waals surface area contributed by atoms with E-state index in [1.807, 2.05) is 31.7 Å². The van der Waals surface area contributed by atoms with Gasteiger partial charge in [-0.15, -0.1) is 6.58 Å². The van der Waals surface area contributed by atoms with E-state index in [1.54, 1.807) is 0 Å². The Morgan fingerprint density at radius 2 is 2.29 bits per heavy atom. The molecular weight excluding hydrogens is 176 g/mol. The molecule has 0 amide bonds. The van der Waals surface area contributed by atoms with Crippen molar-refractivity contribution in [3.8, 4) is 0 Å². The standard InChI is InChI=1S/C10H18N4/c1-5-6-9(12-11)10-7(2)13-14(4)8(10)3/h5,9,12H,1,6,11H2,2-4H3. The Bertz CT molecular complexity index is 327. The second kappa shape index (κ2) is 4.39. The van der Waals surface area contributed by atoms with Crippen LogP contribution in [0.15, 0.2) is 12.7 Å². The molecule has 1 unspecified atom stereocenters. The van der Waals surface area contributed by atoms with E-state index >= 15 is 0 Å². The Morgan fingerprint density at radius 1 is 1.64 bits per heavy atom. The van der Waals surface area contributed by atoms with Crippen molar-refractivity contribution in [3.05, 3.63) is 29.6 Å². The van der Waals surface area contributed by atoms with Gasteiger partial charge in [0.1, 0.15) is 0 Å². The number of rotatable bonds is 4. The maximum Gasteiger partial charge on any atom is 0.0644 e. The largest absolute Gasteiger partial charge is 0.272 e. The SMILES string of the molecule is C=CCC(NN)c1c(C)nn(C)c1C. The zero-order valence-corrected chi connectivity index (χ0v) is 9.04. The van der Waals surface area contributed by atoms with Gasteiger partial charge in [-0.05, 0) is 20.3 Å². The molecule has 78 valence electrons. The molecule has 4 nitrogen and oxygen atoms in total. The van der Waals surface area contributed by atoms with Crippen molar-refractivity contribution in [2.24, 2.45) is 12.9 Å². The topological polar surface area (TPSA) is 55.9 Å². The van der Waals surface area contributed by atoms with Crippen molar-refractivity contribution in [3.63, 3.8) is 0 Å². The minimum Gasteiger partial charge on any atom is -0.272 e. The third kappa shape index (κ3) is 1.86. The first-order valence-electron chi connectivity index (χ1n) is 4.69. The number of aryl methyl sites for hydroxylation is 2. The first-order valence-corrected chi connectivity index (χ1v) is 4.69. The van der Waals surface area contributed by atoms with E-state index in [1.165, 1.54) is 5.56 Å². The third-order valence-electron chi connectivity index (χ3n) is 2.52. The first-order chi connectivity index (χ1) is 6.61. The molecule has 0 aromatic carbocycles. The van der Waals surface area contributed by atoms with E-state index in [-0.39, 0.29) is 6.04 Å². The molecule has 0 aliphatic carbocycles. The van der Waals surface area contributed by atoms with E-state index in [2.05, 4.69) is 17.1 Å². The quantitative estimate of drug-likeness (QED) is 0.429. The zero-order valence-electron chi connectivity index (χ0n) is 9.04. The van der Waals surface area contributed by atoms with Gasteiger partial charge in [0.05, 0.1) is 11.7 Å². The van der Waals surface area contributed by atoms with Crippen LogP contribution in [0.1, 0.15) is 29.4 Å². The molecule has 0 aliphatic heterocycles. The monoisotopic (exact) mass is 194 g/mol. The van der Waals surface area contributed by atoms with Crippen molar-refractivity contribution in [2.75, 3.05) is 0 Å². The molecule has 1 rings (SSSR count). The highest BCUT2D eigenvalue weighted by Crippen LogP contribution is 2.23. The average Bonchev–Trinajstić information content (AvgIpc) is 2.39. The summed E-state index contributed by atoms with van der Waals surface area (Å²) in [6.45, 7) is 7.76. The summed E-state index contributed by atoms with van der Waals surface area (Å²) >= 11 is 0. The van der Waals surface area contributed by atoms with Gasteiger partial charge in [0, 0.05) is 18.3 Å². The van der Waals surface area contributed by atoms with Crippen LogP contribution in [0.25, 0.3) is 0 Å². The molecule has 0 bridgehead atoms. The molecule has 0 radical (unpaired) electrons. The number of nitrogens with two attached hydrogens (primary N) is 1. The third-order valence-corrected chi connectivity index (χ3v) is 2.52. The molecule has 0 saturated heterocycles. The van der Waals surface area contributed by atoms with Gasteiger partial charge in [-0.1, -0.05) is 6.08 Å². The Morgan fingerprint density at radius 3 is 2.64 bits per heavy atom. The maximum absolute atomic E-state index is 5.50. The van der Waals surface area contributed by atoms with E-state index in [9.17, 15) is 0 Å². The number of hydrazine groups is 1. The minimum absolute atomic E-state index is 0.112. The molecule has 1 aromatic rings. The lowest BCUT2D eigenvalue weighted by Gasteiger charge is -2.14. The molecular formula is C10H18N4. The van der Waals surface area contributed by atoms with E-state index < -0.39 is 0 Å². The summed E-state index contributed by atoms with van der Waals surface area (Å²) in [5.74, 6) is 5.50. The zero-order chi connectivity index (χ0) is 10.7. The van der Waals surface area contributed by atoms with Crippen LogP contribution < -0.4 is 11.3 Å². The lowest BCUT2D eigenvalue weighted by molar-refractivity contribution is 0.555. The van der Waals surface area contributed by atoms with Crippen LogP contribution in [0.2, 0.25) is 0 Å². The van der Waals surface area contributed by atoms with Crippen LogP contribution in [0.5, 0.6) is 0 Å². The molecule has 1 heterocycles. The predicted molar refractivity (Wildman–Crippen MR) is 57.6 cm³/mol. The lowest BCUT2D eigenvalue weighted by Crippen LogP contribution is -2.28. The Labute approximate surface area is 84.8 Å². The molecule has 4 heteroatoms. The van der Waals surface area contributed by atoms with Gasteiger partial charge in [0.15, 0.2) is 0 Å². The second-order valence-electron chi connectivity index (χ2n) is 3.45. The van der Waals surface area contributed by atoms with Crippen molar-refractivity contribution in [1.29, 1.82) is 0 Å². The van der Waals surface area contributed by atoms with Gasteiger partial charge in [-0.25, -0.2) is 0 Å². The van der Waals surface area contributed by atoms with E-state index in [4.69, 9.17) is 5.84 Å². The average molecular weight is 194 g/mol. The molecule has 0 aliphatic rings. The highest BCUT2D eigenvalue weighted by Gasteiger charge is 2.17. The number of hydrogen-bond acceptors (Lipinski definition) is 3. The van der Waals surface area contributed by atoms with Gasteiger partial charge in [0.2, 0.25) is 0 Å². The van der Waals surface area contributed by atoms with Gasteiger partial charge >= 0.3 is 0 Å². The maximum atomic E-state index is 5.50. The second-order valence-corrected chi connectivity index (χ2v) is 3.45. The summed E-state index contributed by atoms with van der Waals surface area (Å²) < 4.78 is 1.87. The molecule has 1 aromatic heterocycles. The van der Waals surface area contributed by atoms with Crippen LogP contribution in [0.4, 0.5) is 0 Å². The van der Waals surface area contributed by atoms with Crippen molar-refractivity contribution < 1.29 is 0 Å². The first kappa shape index (κ1) is 10.9. The highest BCUT2D eigenvalue weighted by atomic mass is 15.3. The van der Waals surface area contributed by atoms with Crippen LogP contribution in [-0.2, 0) is 7.05 Å². The fourth-order valence-electron chi connectivity index (χ4n) is 1.73. The van der Waals surface area contributed by atoms with Crippen LogP contribution in [-0.4, -0.2) is 9.78 Å². The van der Waals surface area contributed by atoms with Gasteiger partial charge in [-0.3, -0.25) is 16.0 Å². The van der Waals surface area contributed by atoms with Crippen molar-refractivity contribution in [1.82, 2.24) is 15.2 Å². The summed E-state index contributed by atoms with van der Waals surface area (Å²) in [6, 6.07) is 0.112. The van der Waals surface area contributed by atoms with Gasteiger partial charge in [0.25, 0.3) is 0 Å². The molecule has 0 saturated carbocycles. The summed E-state index contributed by atoms with van der Waals surface area (Å²) in [7, 11) is 1.94. The summed E-state index contributed by atoms with van der Waals surface area (Å²) in [5.41, 5.74) is 6.13. The van der Waals surface area contributed by atoms with Gasteiger partial charge in [-0.2, -0.15) is 5.10 Å². The predicted octanol–water partition coefficient (Wildman–Crippen LogP) is 1.12. The Balaban J connectivity index is 3.08. The summed E-state index contributed by atoms with van der Waals surface area (Å²) in [4.78, 5) is 0. The number of nitrogens with zero attached hydrogens (tertiary/aromatic N) is 2. The number of nitrogens with one attached hydrogen (secondary N) is 1. The molecule has 0 fully saturated rings. The number of aromatic nitrogens is 2.